The van der Waals surface area contributed by atoms with Gasteiger partial charge in [-0.2, -0.15) is 0 Å². The highest BCUT2D eigenvalue weighted by molar-refractivity contribution is 5.72. The van der Waals surface area contributed by atoms with Gasteiger partial charge in [0.15, 0.2) is 6.17 Å². The van der Waals surface area contributed by atoms with Crippen molar-refractivity contribution in [3.8, 4) is 0 Å². The van der Waals surface area contributed by atoms with Gasteiger partial charge in [-0.1, -0.05) is 6.92 Å². The number of methoxy groups -OCH3 is 1. The molecule has 3 nitrogen and oxygen atoms in total. The van der Waals surface area contributed by atoms with Crippen LogP contribution in [0.3, 0.4) is 0 Å². The van der Waals surface area contributed by atoms with Gasteiger partial charge in [0.1, 0.15) is 0 Å². The van der Waals surface area contributed by atoms with Crippen LogP contribution in [0.2, 0.25) is 0 Å². The molecule has 2 atom stereocenters. The smallest absolute Gasteiger partial charge is 0.338 e. The van der Waals surface area contributed by atoms with Crippen molar-refractivity contribution < 1.29 is 19.0 Å². The maximum Gasteiger partial charge on any atom is 0.338 e. The maximum absolute atomic E-state index is 12.6. The molecule has 0 saturated carbocycles. The van der Waals surface area contributed by atoms with Crippen molar-refractivity contribution in [2.45, 2.75) is 19.5 Å². The number of hydrogen-bond acceptors (Lipinski definition) is 2. The Balaban J connectivity index is 3.63. The predicted molar refractivity (Wildman–Crippen MR) is 38.2 cm³/mol. The number of rotatable bonds is 5. The van der Waals surface area contributed by atoms with E-state index in [1.807, 2.05) is 0 Å². The van der Waals surface area contributed by atoms with E-state index in [9.17, 15) is 9.18 Å². The highest BCUT2D eigenvalue weighted by Gasteiger charge is 2.22. The molecule has 0 heterocycles. The molecule has 0 amide bonds. The van der Waals surface area contributed by atoms with Crippen LogP contribution in [0, 0.1) is 5.92 Å². The van der Waals surface area contributed by atoms with Crippen molar-refractivity contribution in [3.05, 3.63) is 0 Å². The number of halogens is 1. The lowest BCUT2D eigenvalue weighted by atomic mass is 10.0. The van der Waals surface area contributed by atoms with Crippen LogP contribution in [-0.2, 0) is 9.53 Å². The van der Waals surface area contributed by atoms with Gasteiger partial charge in [-0.15, -0.1) is 0 Å². The number of ether oxygens (including phenoxy) is 1. The largest absolute Gasteiger partial charge is 0.479 e. The van der Waals surface area contributed by atoms with Crippen LogP contribution < -0.4 is 0 Å². The lowest BCUT2D eigenvalue weighted by Crippen LogP contribution is -2.23. The molecule has 1 N–H and O–H groups in total. The fraction of sp³-hybridized carbons (Fsp3) is 0.857. The topological polar surface area (TPSA) is 46.5 Å². The maximum atomic E-state index is 12.6. The lowest BCUT2D eigenvalue weighted by molar-refractivity contribution is -0.144. The summed E-state index contributed by atoms with van der Waals surface area (Å²) in [7, 11) is 1.50. The van der Waals surface area contributed by atoms with E-state index in [2.05, 4.69) is 4.74 Å². The zero-order valence-electron chi connectivity index (χ0n) is 6.71. The van der Waals surface area contributed by atoms with Gasteiger partial charge in [-0.25, -0.2) is 9.18 Å². The minimum atomic E-state index is -1.77. The highest BCUT2D eigenvalue weighted by atomic mass is 19.1. The van der Waals surface area contributed by atoms with Gasteiger partial charge >= 0.3 is 5.97 Å². The average molecular weight is 164 g/mol. The molecule has 0 aliphatic rings. The van der Waals surface area contributed by atoms with E-state index in [1.165, 1.54) is 7.11 Å². The number of carbonyl (C=O) groups is 1. The van der Waals surface area contributed by atoms with Gasteiger partial charge in [-0.05, 0) is 6.42 Å². The number of hydrogen-bond donors (Lipinski definition) is 1. The number of aliphatic carboxylic acids is 1. The molecule has 0 aliphatic heterocycles. The Morgan fingerprint density at radius 3 is 2.64 bits per heavy atom. The molecule has 0 saturated heterocycles. The molecule has 0 aromatic heterocycles. The quantitative estimate of drug-likeness (QED) is 0.661. The summed E-state index contributed by atoms with van der Waals surface area (Å²) in [5.74, 6) is -1.87. The zero-order chi connectivity index (χ0) is 8.85. The number of carboxylic acid groups (broad SMARTS) is 1. The second-order valence-electron chi connectivity index (χ2n) is 2.50. The monoisotopic (exact) mass is 164 g/mol. The molecule has 2 unspecified atom stereocenters. The van der Waals surface area contributed by atoms with Gasteiger partial charge in [-0.3, -0.25) is 0 Å². The molecule has 0 fully saturated rings. The summed E-state index contributed by atoms with van der Waals surface area (Å²) in [6.07, 6.45) is -1.34. The Kier molecular flexibility index (Phi) is 4.77. The summed E-state index contributed by atoms with van der Waals surface area (Å²) in [4.78, 5) is 10.1. The van der Waals surface area contributed by atoms with E-state index >= 15 is 0 Å². The van der Waals surface area contributed by atoms with Crippen LogP contribution in [0.5, 0.6) is 0 Å². The molecule has 0 bridgehead atoms. The molecule has 0 spiro atoms. The molecule has 0 aromatic rings. The first kappa shape index (κ1) is 10.4. The van der Waals surface area contributed by atoms with Crippen LogP contribution in [0.4, 0.5) is 4.39 Å². The molecule has 4 heteroatoms. The Morgan fingerprint density at radius 2 is 2.27 bits per heavy atom. The molecule has 0 radical (unpaired) electrons. The summed E-state index contributed by atoms with van der Waals surface area (Å²) < 4.78 is 17.3. The Morgan fingerprint density at radius 1 is 1.73 bits per heavy atom. The van der Waals surface area contributed by atoms with Gasteiger partial charge < -0.3 is 9.84 Å². The van der Waals surface area contributed by atoms with Crippen LogP contribution in [0.1, 0.15) is 13.3 Å². The first-order chi connectivity index (χ1) is 5.09. The summed E-state index contributed by atoms with van der Waals surface area (Å²) in [6, 6.07) is 0. The van der Waals surface area contributed by atoms with E-state index in [0.29, 0.717) is 13.0 Å². The Hall–Kier alpha value is -0.640. The molecule has 0 aromatic carbocycles. The summed E-state index contributed by atoms with van der Waals surface area (Å²) in [6.45, 7) is 1.95. The number of alkyl halides is 1. The van der Waals surface area contributed by atoms with E-state index in [0.717, 1.165) is 0 Å². The summed E-state index contributed by atoms with van der Waals surface area (Å²) in [5.41, 5.74) is 0. The fourth-order valence-corrected chi connectivity index (χ4v) is 0.693. The van der Waals surface area contributed by atoms with Crippen LogP contribution >= 0.6 is 0 Å². The molecule has 0 aliphatic carbocycles. The number of carboxylic acids is 1. The SMILES string of the molecule is COCCC(C)C(F)C(=O)O. The van der Waals surface area contributed by atoms with E-state index in [1.54, 1.807) is 6.92 Å². The molecular weight excluding hydrogens is 151 g/mol. The second-order valence-corrected chi connectivity index (χ2v) is 2.50. The minimum Gasteiger partial charge on any atom is -0.479 e. The van der Waals surface area contributed by atoms with E-state index in [4.69, 9.17) is 5.11 Å². The zero-order valence-corrected chi connectivity index (χ0v) is 6.71. The Bertz CT molecular complexity index is 127. The van der Waals surface area contributed by atoms with Gasteiger partial charge in [0.25, 0.3) is 0 Å². The Labute approximate surface area is 65.2 Å². The van der Waals surface area contributed by atoms with Crippen molar-refractivity contribution in [2.24, 2.45) is 5.92 Å². The predicted octanol–water partition coefficient (Wildman–Crippen LogP) is 1.08. The van der Waals surface area contributed by atoms with Gasteiger partial charge in [0, 0.05) is 19.6 Å². The average Bonchev–Trinajstić information content (AvgIpc) is 1.98. The van der Waals surface area contributed by atoms with Crippen molar-refractivity contribution in [1.29, 1.82) is 0 Å². The summed E-state index contributed by atoms with van der Waals surface area (Å²) in [5, 5.41) is 8.24. The second kappa shape index (κ2) is 5.07. The van der Waals surface area contributed by atoms with Crippen LogP contribution in [0.25, 0.3) is 0 Å². The third-order valence-electron chi connectivity index (χ3n) is 1.51. The standard InChI is InChI=1S/C7H13FO3/c1-5(3-4-11-2)6(8)7(9)10/h5-6H,3-4H2,1-2H3,(H,9,10). The molecule has 66 valence electrons. The van der Waals surface area contributed by atoms with Crippen molar-refractivity contribution in [1.82, 2.24) is 0 Å². The normalized spacial score (nSPS) is 15.9. The third kappa shape index (κ3) is 3.93. The minimum absolute atomic E-state index is 0.398. The first-order valence-electron chi connectivity index (χ1n) is 3.45. The van der Waals surface area contributed by atoms with Crippen LogP contribution in [-0.4, -0.2) is 31.0 Å². The van der Waals surface area contributed by atoms with Gasteiger partial charge in [0.2, 0.25) is 0 Å². The van der Waals surface area contributed by atoms with Crippen molar-refractivity contribution >= 4 is 5.97 Å². The molecule has 0 rings (SSSR count). The van der Waals surface area contributed by atoms with Crippen molar-refractivity contribution in [3.63, 3.8) is 0 Å². The molecular formula is C7H13FO3. The van der Waals surface area contributed by atoms with Crippen molar-refractivity contribution in [2.75, 3.05) is 13.7 Å². The van der Waals surface area contributed by atoms with E-state index < -0.39 is 18.1 Å². The fourth-order valence-electron chi connectivity index (χ4n) is 0.693. The first-order valence-corrected chi connectivity index (χ1v) is 3.45. The molecule has 11 heavy (non-hydrogen) atoms. The highest BCUT2D eigenvalue weighted by Crippen LogP contribution is 2.11. The van der Waals surface area contributed by atoms with Crippen LogP contribution in [0.15, 0.2) is 0 Å². The van der Waals surface area contributed by atoms with Gasteiger partial charge in [0.05, 0.1) is 0 Å². The van der Waals surface area contributed by atoms with E-state index in [-0.39, 0.29) is 0 Å². The third-order valence-corrected chi connectivity index (χ3v) is 1.51. The summed E-state index contributed by atoms with van der Waals surface area (Å²) >= 11 is 0. The lowest BCUT2D eigenvalue weighted by Gasteiger charge is -2.11.